The molecule has 1 aliphatic carbocycles. The summed E-state index contributed by atoms with van der Waals surface area (Å²) in [5.74, 6) is 1.13. The quantitative estimate of drug-likeness (QED) is 0.657. The SMILES string of the molecule is Cc1cc(C)nc(N2CCN(CCCCON3C=CN=C4CCCCC43)CC2)c1. The molecule has 1 atom stereocenters. The largest absolute Gasteiger partial charge is 0.354 e. The number of hydrogen-bond donors (Lipinski definition) is 0. The Morgan fingerprint density at radius 3 is 2.76 bits per heavy atom. The molecule has 0 aromatic carbocycles. The second-order valence-corrected chi connectivity index (χ2v) is 8.55. The van der Waals surface area contributed by atoms with Crippen LogP contribution in [0.4, 0.5) is 5.82 Å². The van der Waals surface area contributed by atoms with Crippen LogP contribution in [-0.2, 0) is 4.84 Å². The molecule has 4 rings (SSSR count). The predicted molar refractivity (Wildman–Crippen MR) is 118 cm³/mol. The molecule has 0 spiro atoms. The number of aromatic nitrogens is 1. The standard InChI is InChI=1S/C23H35N5O/c1-19-17-20(2)25-23(18-19)27-14-12-26(13-15-27)10-5-6-16-29-28-11-9-24-21-7-3-4-8-22(21)28/h9,11,17-18,22H,3-8,10,12-16H2,1-2H3. The fourth-order valence-corrected chi connectivity index (χ4v) is 4.62. The van der Waals surface area contributed by atoms with Gasteiger partial charge in [0.15, 0.2) is 0 Å². The Hall–Kier alpha value is -1.92. The summed E-state index contributed by atoms with van der Waals surface area (Å²) in [6.07, 6.45) is 11.0. The van der Waals surface area contributed by atoms with Gasteiger partial charge in [-0.05, 0) is 70.2 Å². The zero-order valence-electron chi connectivity index (χ0n) is 18.0. The number of hydroxylamine groups is 2. The van der Waals surface area contributed by atoms with Crippen molar-refractivity contribution in [2.24, 2.45) is 4.99 Å². The molecule has 6 heteroatoms. The molecule has 0 amide bonds. The molecule has 6 nitrogen and oxygen atoms in total. The first-order chi connectivity index (χ1) is 14.2. The molecule has 1 saturated carbocycles. The number of unbranched alkanes of at least 4 members (excludes halogenated alkanes) is 1. The lowest BCUT2D eigenvalue weighted by molar-refractivity contribution is -0.139. The van der Waals surface area contributed by atoms with E-state index >= 15 is 0 Å². The van der Waals surface area contributed by atoms with Crippen molar-refractivity contribution < 1.29 is 4.84 Å². The van der Waals surface area contributed by atoms with Gasteiger partial charge in [0.25, 0.3) is 0 Å². The van der Waals surface area contributed by atoms with Gasteiger partial charge in [0.1, 0.15) is 5.82 Å². The van der Waals surface area contributed by atoms with Crippen molar-refractivity contribution in [2.45, 2.75) is 58.4 Å². The molecule has 158 valence electrons. The second-order valence-electron chi connectivity index (χ2n) is 8.55. The smallest absolute Gasteiger partial charge is 0.129 e. The summed E-state index contributed by atoms with van der Waals surface area (Å²) in [7, 11) is 0. The molecular weight excluding hydrogens is 362 g/mol. The van der Waals surface area contributed by atoms with Gasteiger partial charge in [-0.3, -0.25) is 19.8 Å². The van der Waals surface area contributed by atoms with Crippen LogP contribution in [0.5, 0.6) is 0 Å². The minimum atomic E-state index is 0.376. The highest BCUT2D eigenvalue weighted by Crippen LogP contribution is 2.24. The average Bonchev–Trinajstić information content (AvgIpc) is 2.73. The van der Waals surface area contributed by atoms with Crippen molar-refractivity contribution in [1.29, 1.82) is 0 Å². The summed E-state index contributed by atoms with van der Waals surface area (Å²) >= 11 is 0. The maximum absolute atomic E-state index is 6.07. The summed E-state index contributed by atoms with van der Waals surface area (Å²) in [5.41, 5.74) is 3.71. The average molecular weight is 398 g/mol. The molecule has 0 N–H and O–H groups in total. The van der Waals surface area contributed by atoms with E-state index in [1.165, 1.54) is 37.0 Å². The summed E-state index contributed by atoms with van der Waals surface area (Å²) in [6, 6.07) is 4.72. The lowest BCUT2D eigenvalue weighted by Crippen LogP contribution is -2.47. The molecule has 0 radical (unpaired) electrons. The molecule has 3 aliphatic rings. The van der Waals surface area contributed by atoms with E-state index in [4.69, 9.17) is 9.82 Å². The third kappa shape index (κ3) is 5.37. The van der Waals surface area contributed by atoms with Crippen LogP contribution in [0.25, 0.3) is 0 Å². The van der Waals surface area contributed by atoms with Crippen molar-refractivity contribution >= 4 is 11.5 Å². The summed E-state index contributed by atoms with van der Waals surface area (Å²) in [4.78, 5) is 20.3. The lowest BCUT2D eigenvalue weighted by Gasteiger charge is -2.36. The van der Waals surface area contributed by atoms with Crippen LogP contribution in [0.15, 0.2) is 29.5 Å². The van der Waals surface area contributed by atoms with E-state index in [2.05, 4.69) is 45.8 Å². The van der Waals surface area contributed by atoms with E-state index in [1.807, 2.05) is 12.4 Å². The molecule has 2 fully saturated rings. The van der Waals surface area contributed by atoms with E-state index in [0.29, 0.717) is 6.04 Å². The number of aliphatic imine (C=N–C) groups is 1. The van der Waals surface area contributed by atoms with Gasteiger partial charge in [-0.2, -0.15) is 0 Å². The van der Waals surface area contributed by atoms with Gasteiger partial charge in [-0.1, -0.05) is 6.42 Å². The van der Waals surface area contributed by atoms with Crippen LogP contribution >= 0.6 is 0 Å². The van der Waals surface area contributed by atoms with Gasteiger partial charge >= 0.3 is 0 Å². The van der Waals surface area contributed by atoms with Crippen LogP contribution in [0.3, 0.4) is 0 Å². The van der Waals surface area contributed by atoms with Crippen molar-refractivity contribution in [3.63, 3.8) is 0 Å². The Labute approximate surface area is 175 Å². The molecular formula is C23H35N5O. The highest BCUT2D eigenvalue weighted by Gasteiger charge is 2.27. The molecule has 1 unspecified atom stereocenters. The van der Waals surface area contributed by atoms with Gasteiger partial charge in [0, 0.05) is 50.0 Å². The van der Waals surface area contributed by atoms with Crippen LogP contribution in [0.2, 0.25) is 0 Å². The number of fused-ring (bicyclic) bond motifs is 1. The Bertz CT molecular complexity index is 719. The van der Waals surface area contributed by atoms with Gasteiger partial charge in [-0.25, -0.2) is 4.98 Å². The number of rotatable bonds is 7. The number of aryl methyl sites for hydroxylation is 2. The Kier molecular flexibility index (Phi) is 6.82. The predicted octanol–water partition coefficient (Wildman–Crippen LogP) is 3.70. The van der Waals surface area contributed by atoms with Gasteiger partial charge in [0.2, 0.25) is 0 Å². The minimum absolute atomic E-state index is 0.376. The maximum Gasteiger partial charge on any atom is 0.129 e. The zero-order valence-corrected chi connectivity index (χ0v) is 18.0. The van der Waals surface area contributed by atoms with Crippen molar-refractivity contribution in [3.05, 3.63) is 35.8 Å². The number of pyridine rings is 1. The molecule has 29 heavy (non-hydrogen) atoms. The summed E-state index contributed by atoms with van der Waals surface area (Å²) in [5, 5.41) is 2.05. The highest BCUT2D eigenvalue weighted by molar-refractivity contribution is 5.91. The highest BCUT2D eigenvalue weighted by atomic mass is 16.7. The third-order valence-corrected chi connectivity index (χ3v) is 6.20. The molecule has 1 saturated heterocycles. The topological polar surface area (TPSA) is 44.2 Å². The van der Waals surface area contributed by atoms with Crippen molar-refractivity contribution in [1.82, 2.24) is 14.9 Å². The minimum Gasteiger partial charge on any atom is -0.354 e. The van der Waals surface area contributed by atoms with Crippen LogP contribution < -0.4 is 4.90 Å². The Morgan fingerprint density at radius 2 is 1.93 bits per heavy atom. The van der Waals surface area contributed by atoms with Gasteiger partial charge in [-0.15, -0.1) is 0 Å². The third-order valence-electron chi connectivity index (χ3n) is 6.20. The number of anilines is 1. The summed E-state index contributed by atoms with van der Waals surface area (Å²) in [6.45, 7) is 10.5. The molecule has 0 bridgehead atoms. The fraction of sp³-hybridized carbons (Fsp3) is 0.652. The molecule has 2 aliphatic heterocycles. The number of hydrogen-bond acceptors (Lipinski definition) is 6. The first kappa shape index (κ1) is 20.4. The number of piperazine rings is 1. The van der Waals surface area contributed by atoms with E-state index in [-0.39, 0.29) is 0 Å². The molecule has 1 aromatic rings. The maximum atomic E-state index is 6.07. The number of nitrogens with zero attached hydrogens (tertiary/aromatic N) is 5. The van der Waals surface area contributed by atoms with E-state index in [9.17, 15) is 0 Å². The van der Waals surface area contributed by atoms with Crippen LogP contribution in [0.1, 0.15) is 49.8 Å². The lowest BCUT2D eigenvalue weighted by atomic mass is 9.92. The monoisotopic (exact) mass is 397 g/mol. The normalized spacial score (nSPS) is 22.6. The Morgan fingerprint density at radius 1 is 1.07 bits per heavy atom. The van der Waals surface area contributed by atoms with Crippen molar-refractivity contribution in [2.75, 3.05) is 44.2 Å². The zero-order chi connectivity index (χ0) is 20.1. The van der Waals surface area contributed by atoms with E-state index < -0.39 is 0 Å². The van der Waals surface area contributed by atoms with Gasteiger partial charge < -0.3 is 4.90 Å². The fourth-order valence-electron chi connectivity index (χ4n) is 4.62. The summed E-state index contributed by atoms with van der Waals surface area (Å²) < 4.78 is 0. The van der Waals surface area contributed by atoms with Crippen LogP contribution in [-0.4, -0.2) is 66.0 Å². The molecule has 1 aromatic heterocycles. The second kappa shape index (κ2) is 9.72. The first-order valence-corrected chi connectivity index (χ1v) is 11.3. The molecule has 3 heterocycles. The Balaban J connectivity index is 1.13. The van der Waals surface area contributed by atoms with E-state index in [0.717, 1.165) is 63.7 Å². The van der Waals surface area contributed by atoms with Gasteiger partial charge in [0.05, 0.1) is 12.6 Å². The van der Waals surface area contributed by atoms with Crippen molar-refractivity contribution in [3.8, 4) is 0 Å². The van der Waals surface area contributed by atoms with Crippen LogP contribution in [0, 0.1) is 13.8 Å². The first-order valence-electron chi connectivity index (χ1n) is 11.3. The van der Waals surface area contributed by atoms with E-state index in [1.54, 1.807) is 0 Å².